The lowest BCUT2D eigenvalue weighted by atomic mass is 10.1. The van der Waals surface area contributed by atoms with Gasteiger partial charge in [0.05, 0.1) is 42.6 Å². The largest absolute Gasteiger partial charge is 0.389 e. The molecule has 0 radical (unpaired) electrons. The molecular weight excluding hydrogens is 410 g/mol. The fourth-order valence-corrected chi connectivity index (χ4v) is 3.60. The molecule has 0 bridgehead atoms. The average molecular weight is 440 g/mol. The van der Waals surface area contributed by atoms with E-state index in [-0.39, 0.29) is 6.03 Å². The summed E-state index contributed by atoms with van der Waals surface area (Å²) in [6.07, 6.45) is 1.74. The van der Waals surface area contributed by atoms with E-state index in [1.807, 2.05) is 31.2 Å². The van der Waals surface area contributed by atoms with E-state index in [0.29, 0.717) is 56.7 Å². The highest BCUT2D eigenvalue weighted by molar-refractivity contribution is 5.93. The number of nitrogens with one attached hydrogen (secondary N) is 2. The van der Waals surface area contributed by atoms with Crippen molar-refractivity contribution in [3.8, 4) is 11.3 Å². The molecule has 0 unspecified atom stereocenters. The minimum absolute atomic E-state index is 0.243. The van der Waals surface area contributed by atoms with Crippen molar-refractivity contribution in [2.75, 3.05) is 43.1 Å². The number of rotatable bonds is 6. The minimum Gasteiger partial charge on any atom is -0.389 e. The summed E-state index contributed by atoms with van der Waals surface area (Å²) in [5.74, 6) is 0.609. The molecule has 10 heteroatoms. The molecule has 10 nitrogen and oxygen atoms in total. The number of ether oxygens (including phenoxy) is 1. The van der Waals surface area contributed by atoms with Gasteiger partial charge in [0.15, 0.2) is 5.65 Å². The van der Waals surface area contributed by atoms with Crippen LogP contribution in [0.1, 0.15) is 20.8 Å². The predicted molar refractivity (Wildman–Crippen MR) is 123 cm³/mol. The summed E-state index contributed by atoms with van der Waals surface area (Å²) < 4.78 is 7.19. The Kier molecular flexibility index (Phi) is 6.24. The molecule has 32 heavy (non-hydrogen) atoms. The number of nitrogens with zero attached hydrogens (tertiary/aromatic N) is 5. The van der Waals surface area contributed by atoms with E-state index in [9.17, 15) is 9.90 Å². The monoisotopic (exact) mass is 439 g/mol. The fourth-order valence-electron chi connectivity index (χ4n) is 3.60. The van der Waals surface area contributed by atoms with Crippen molar-refractivity contribution >= 4 is 28.7 Å². The molecule has 0 aliphatic carbocycles. The van der Waals surface area contributed by atoms with Gasteiger partial charge in [0.25, 0.3) is 0 Å². The van der Waals surface area contributed by atoms with Crippen LogP contribution in [0, 0.1) is 0 Å². The molecule has 1 saturated heterocycles. The minimum atomic E-state index is -0.935. The Labute approximate surface area is 186 Å². The lowest BCUT2D eigenvalue weighted by Crippen LogP contribution is -2.37. The summed E-state index contributed by atoms with van der Waals surface area (Å²) >= 11 is 0. The zero-order valence-electron chi connectivity index (χ0n) is 18.6. The predicted octanol–water partition coefficient (Wildman–Crippen LogP) is 2.24. The molecule has 1 aliphatic heterocycles. The smallest absolute Gasteiger partial charge is 0.319 e. The second-order valence-corrected chi connectivity index (χ2v) is 8.39. The van der Waals surface area contributed by atoms with Gasteiger partial charge in [-0.3, -0.25) is 0 Å². The molecule has 3 heterocycles. The maximum absolute atomic E-state index is 11.8. The van der Waals surface area contributed by atoms with Crippen LogP contribution in [0.2, 0.25) is 0 Å². The highest BCUT2D eigenvalue weighted by Crippen LogP contribution is 2.30. The number of urea groups is 1. The summed E-state index contributed by atoms with van der Waals surface area (Å²) in [5.41, 5.74) is 2.06. The number of hydrogen-bond donors (Lipinski definition) is 3. The lowest BCUT2D eigenvalue weighted by Gasteiger charge is -2.27. The number of amides is 2. The number of aliphatic hydroxyl groups is 1. The Morgan fingerprint density at radius 1 is 1.19 bits per heavy atom. The molecule has 3 aromatic rings. The van der Waals surface area contributed by atoms with Crippen molar-refractivity contribution in [3.05, 3.63) is 30.5 Å². The molecular formula is C22H29N7O3. The highest BCUT2D eigenvalue weighted by Gasteiger charge is 2.22. The van der Waals surface area contributed by atoms with E-state index in [4.69, 9.17) is 14.7 Å². The first kappa shape index (κ1) is 22.0. The first-order valence-electron chi connectivity index (χ1n) is 10.8. The Bertz CT molecular complexity index is 1080. The molecule has 170 valence electrons. The highest BCUT2D eigenvalue weighted by atomic mass is 16.5. The van der Waals surface area contributed by atoms with Gasteiger partial charge in [0.2, 0.25) is 5.95 Å². The van der Waals surface area contributed by atoms with Crippen LogP contribution >= 0.6 is 0 Å². The van der Waals surface area contributed by atoms with Gasteiger partial charge in [0.1, 0.15) is 0 Å². The SMILES string of the molecule is CCNC(=O)Nc1ccc(-c2nc(N3CCOCC3)nc3c2cnn3CC(C)(C)O)cc1. The van der Waals surface area contributed by atoms with Crippen LogP contribution < -0.4 is 15.5 Å². The zero-order chi connectivity index (χ0) is 22.7. The number of carbonyl (C=O) groups is 1. The van der Waals surface area contributed by atoms with E-state index < -0.39 is 5.60 Å². The van der Waals surface area contributed by atoms with E-state index in [0.717, 1.165) is 16.6 Å². The molecule has 1 aromatic carbocycles. The van der Waals surface area contributed by atoms with Crippen LogP contribution in [0.3, 0.4) is 0 Å². The Balaban J connectivity index is 1.74. The number of carbonyl (C=O) groups excluding carboxylic acids is 1. The first-order valence-corrected chi connectivity index (χ1v) is 10.8. The van der Waals surface area contributed by atoms with Crippen LogP contribution in [0.4, 0.5) is 16.4 Å². The quantitative estimate of drug-likeness (QED) is 0.539. The Morgan fingerprint density at radius 2 is 1.91 bits per heavy atom. The molecule has 2 amide bonds. The summed E-state index contributed by atoms with van der Waals surface area (Å²) in [7, 11) is 0. The topological polar surface area (TPSA) is 117 Å². The van der Waals surface area contributed by atoms with Crippen LogP contribution in [-0.4, -0.2) is 69.3 Å². The molecule has 1 aliphatic rings. The molecule has 4 rings (SSSR count). The van der Waals surface area contributed by atoms with Crippen LogP contribution in [0.5, 0.6) is 0 Å². The summed E-state index contributed by atoms with van der Waals surface area (Å²) in [6.45, 7) is 8.89. The van der Waals surface area contributed by atoms with E-state index >= 15 is 0 Å². The van der Waals surface area contributed by atoms with Crippen LogP contribution in [0.25, 0.3) is 22.3 Å². The van der Waals surface area contributed by atoms with Crippen molar-refractivity contribution in [1.29, 1.82) is 0 Å². The third-order valence-electron chi connectivity index (χ3n) is 5.07. The van der Waals surface area contributed by atoms with E-state index in [1.54, 1.807) is 24.7 Å². The normalized spacial score (nSPS) is 14.6. The second kappa shape index (κ2) is 9.09. The van der Waals surface area contributed by atoms with Crippen molar-refractivity contribution in [3.63, 3.8) is 0 Å². The molecule has 0 spiro atoms. The number of fused-ring (bicyclic) bond motifs is 1. The molecule has 3 N–H and O–H groups in total. The summed E-state index contributed by atoms with van der Waals surface area (Å²) in [5, 5.41) is 21.1. The van der Waals surface area contributed by atoms with Gasteiger partial charge in [0, 0.05) is 30.9 Å². The Morgan fingerprint density at radius 3 is 2.56 bits per heavy atom. The maximum Gasteiger partial charge on any atom is 0.319 e. The van der Waals surface area contributed by atoms with Crippen molar-refractivity contribution < 1.29 is 14.6 Å². The molecule has 0 atom stereocenters. The third-order valence-corrected chi connectivity index (χ3v) is 5.07. The lowest BCUT2D eigenvalue weighted by molar-refractivity contribution is 0.0589. The van der Waals surface area contributed by atoms with Gasteiger partial charge < -0.3 is 25.4 Å². The third kappa shape index (κ3) is 4.97. The van der Waals surface area contributed by atoms with Crippen molar-refractivity contribution in [1.82, 2.24) is 25.1 Å². The van der Waals surface area contributed by atoms with Gasteiger partial charge in [-0.05, 0) is 32.9 Å². The first-order chi connectivity index (χ1) is 15.3. The van der Waals surface area contributed by atoms with Gasteiger partial charge in [-0.2, -0.15) is 10.1 Å². The molecule has 0 saturated carbocycles. The van der Waals surface area contributed by atoms with Gasteiger partial charge in [-0.25, -0.2) is 14.5 Å². The summed E-state index contributed by atoms with van der Waals surface area (Å²) in [4.78, 5) is 23.5. The molecule has 2 aromatic heterocycles. The summed E-state index contributed by atoms with van der Waals surface area (Å²) in [6, 6.07) is 7.27. The van der Waals surface area contributed by atoms with Crippen LogP contribution in [0.15, 0.2) is 30.5 Å². The van der Waals surface area contributed by atoms with E-state index in [1.165, 1.54) is 0 Å². The van der Waals surface area contributed by atoms with E-state index in [2.05, 4.69) is 20.6 Å². The molecule has 1 fully saturated rings. The van der Waals surface area contributed by atoms with Gasteiger partial charge in [-0.15, -0.1) is 0 Å². The zero-order valence-corrected chi connectivity index (χ0v) is 18.6. The maximum atomic E-state index is 11.8. The number of anilines is 2. The number of benzene rings is 1. The fraction of sp³-hybridized carbons (Fsp3) is 0.455. The second-order valence-electron chi connectivity index (χ2n) is 8.39. The Hall–Kier alpha value is -3.24. The number of aromatic nitrogens is 4. The standard InChI is InChI=1S/C22H29N7O3/c1-4-23-21(30)25-16-7-5-15(6-8-16)18-17-13-24-29(14-22(2,3)31)19(17)27-20(26-18)28-9-11-32-12-10-28/h5-8,13,31H,4,9-12,14H2,1-3H3,(H2,23,25,30). The average Bonchev–Trinajstić information content (AvgIpc) is 3.15. The van der Waals surface area contributed by atoms with Gasteiger partial charge in [-0.1, -0.05) is 12.1 Å². The van der Waals surface area contributed by atoms with Crippen LogP contribution in [-0.2, 0) is 11.3 Å². The number of hydrogen-bond acceptors (Lipinski definition) is 7. The van der Waals surface area contributed by atoms with Gasteiger partial charge >= 0.3 is 6.03 Å². The van der Waals surface area contributed by atoms with Crippen molar-refractivity contribution in [2.24, 2.45) is 0 Å². The number of morpholine rings is 1. The van der Waals surface area contributed by atoms with Crippen molar-refractivity contribution in [2.45, 2.75) is 32.9 Å².